The molecule has 3 rings (SSSR count). The maximum atomic E-state index is 12.6. The molecule has 1 heterocycles. The summed E-state index contributed by atoms with van der Waals surface area (Å²) in [7, 11) is -3.56. The summed E-state index contributed by atoms with van der Waals surface area (Å²) in [5, 5.41) is 3.31. The van der Waals surface area contributed by atoms with Crippen molar-refractivity contribution in [2.24, 2.45) is 0 Å². The molecule has 0 unspecified atom stereocenters. The fourth-order valence-corrected chi connectivity index (χ4v) is 4.13. The Morgan fingerprint density at radius 1 is 1.05 bits per heavy atom. The van der Waals surface area contributed by atoms with Crippen LogP contribution in [0.3, 0.4) is 0 Å². The van der Waals surface area contributed by atoms with E-state index in [2.05, 4.69) is 10.0 Å². The zero-order valence-electron chi connectivity index (χ0n) is 12.8. The summed E-state index contributed by atoms with van der Waals surface area (Å²) in [6.07, 6.45) is 0.925. The summed E-state index contributed by atoms with van der Waals surface area (Å²) >= 11 is 0. The third-order valence-corrected chi connectivity index (χ3v) is 5.50. The Morgan fingerprint density at radius 2 is 1.86 bits per heavy atom. The lowest BCUT2D eigenvalue weighted by Gasteiger charge is -2.18. The normalized spacial score (nSPS) is 14.5. The number of fused-ring (bicyclic) bond motifs is 1. The molecule has 0 radical (unpaired) electrons. The predicted molar refractivity (Wildman–Crippen MR) is 88.6 cm³/mol. The molecule has 22 heavy (non-hydrogen) atoms. The maximum Gasteiger partial charge on any atom is 0.262 e. The van der Waals surface area contributed by atoms with Crippen molar-refractivity contribution in [3.05, 3.63) is 58.7 Å². The largest absolute Gasteiger partial charge is 0.312 e. The van der Waals surface area contributed by atoms with Crippen LogP contribution < -0.4 is 10.0 Å². The van der Waals surface area contributed by atoms with Crippen LogP contribution in [-0.2, 0) is 23.0 Å². The van der Waals surface area contributed by atoms with Crippen LogP contribution in [0, 0.1) is 13.8 Å². The molecule has 0 saturated heterocycles. The Balaban J connectivity index is 1.93. The summed E-state index contributed by atoms with van der Waals surface area (Å²) in [5.41, 5.74) is 4.75. The van der Waals surface area contributed by atoms with Crippen molar-refractivity contribution < 1.29 is 8.42 Å². The molecule has 5 heteroatoms. The van der Waals surface area contributed by atoms with Gasteiger partial charge >= 0.3 is 0 Å². The molecule has 1 aliphatic rings. The molecule has 2 aromatic rings. The molecule has 0 amide bonds. The summed E-state index contributed by atoms with van der Waals surface area (Å²) in [5.74, 6) is 0. The first-order chi connectivity index (χ1) is 10.5. The lowest BCUT2D eigenvalue weighted by molar-refractivity contribution is 0.600. The van der Waals surface area contributed by atoms with Gasteiger partial charge in [0.2, 0.25) is 0 Å². The molecule has 2 N–H and O–H groups in total. The van der Waals surface area contributed by atoms with Crippen LogP contribution in [-0.4, -0.2) is 15.0 Å². The van der Waals surface area contributed by atoms with E-state index in [1.165, 1.54) is 11.1 Å². The maximum absolute atomic E-state index is 12.6. The van der Waals surface area contributed by atoms with E-state index in [4.69, 9.17) is 0 Å². The van der Waals surface area contributed by atoms with Crippen molar-refractivity contribution in [3.8, 4) is 0 Å². The highest BCUT2D eigenvalue weighted by molar-refractivity contribution is 7.92. The van der Waals surface area contributed by atoms with Crippen molar-refractivity contribution in [3.63, 3.8) is 0 Å². The molecular weight excluding hydrogens is 296 g/mol. The van der Waals surface area contributed by atoms with Crippen LogP contribution in [0.1, 0.15) is 22.3 Å². The Bertz CT molecular complexity index is 813. The van der Waals surface area contributed by atoms with Crippen molar-refractivity contribution in [2.75, 3.05) is 11.3 Å². The molecular formula is C17H20N2O2S. The highest BCUT2D eigenvalue weighted by Gasteiger charge is 2.18. The fraction of sp³-hybridized carbons (Fsp3) is 0.294. The van der Waals surface area contributed by atoms with E-state index in [1.807, 2.05) is 44.2 Å². The van der Waals surface area contributed by atoms with Crippen LogP contribution >= 0.6 is 0 Å². The van der Waals surface area contributed by atoms with Crippen LogP contribution in [0.25, 0.3) is 0 Å². The molecule has 0 saturated carbocycles. The predicted octanol–water partition coefficient (Wildman–Crippen LogP) is 2.75. The van der Waals surface area contributed by atoms with Gasteiger partial charge < -0.3 is 5.32 Å². The SMILES string of the molecule is Cc1ccc(C)c(S(=O)(=O)Nc2ccc3c(c2)CCNC3)c1. The monoisotopic (exact) mass is 316 g/mol. The second-order valence-electron chi connectivity index (χ2n) is 5.78. The molecule has 0 bridgehead atoms. The van der Waals surface area contributed by atoms with Gasteiger partial charge in [-0.2, -0.15) is 0 Å². The smallest absolute Gasteiger partial charge is 0.262 e. The van der Waals surface area contributed by atoms with Gasteiger partial charge in [-0.25, -0.2) is 8.42 Å². The van der Waals surface area contributed by atoms with Gasteiger partial charge in [0.15, 0.2) is 0 Å². The Morgan fingerprint density at radius 3 is 2.68 bits per heavy atom. The number of anilines is 1. The van der Waals surface area contributed by atoms with E-state index >= 15 is 0 Å². The Hall–Kier alpha value is -1.85. The second-order valence-corrected chi connectivity index (χ2v) is 7.44. The number of sulfonamides is 1. The average Bonchev–Trinajstić information content (AvgIpc) is 2.49. The minimum absolute atomic E-state index is 0.340. The number of aryl methyl sites for hydroxylation is 2. The van der Waals surface area contributed by atoms with E-state index in [9.17, 15) is 8.42 Å². The minimum Gasteiger partial charge on any atom is -0.312 e. The third-order valence-electron chi connectivity index (χ3n) is 3.98. The van der Waals surface area contributed by atoms with Crippen molar-refractivity contribution in [1.82, 2.24) is 5.32 Å². The van der Waals surface area contributed by atoms with Gasteiger partial charge in [-0.05, 0) is 67.3 Å². The molecule has 4 nitrogen and oxygen atoms in total. The van der Waals surface area contributed by atoms with Crippen molar-refractivity contribution in [2.45, 2.75) is 31.7 Å². The van der Waals surface area contributed by atoms with Gasteiger partial charge in [-0.1, -0.05) is 18.2 Å². The third kappa shape index (κ3) is 3.00. The zero-order valence-corrected chi connectivity index (χ0v) is 13.6. The molecule has 0 aromatic heterocycles. The van der Waals surface area contributed by atoms with Gasteiger partial charge in [-0.15, -0.1) is 0 Å². The molecule has 0 aliphatic carbocycles. The first kappa shape index (κ1) is 15.1. The number of hydrogen-bond acceptors (Lipinski definition) is 3. The van der Waals surface area contributed by atoms with Crippen LogP contribution in [0.4, 0.5) is 5.69 Å². The Kier molecular flexibility index (Phi) is 3.93. The number of nitrogens with one attached hydrogen (secondary N) is 2. The Labute approximate surface area is 131 Å². The van der Waals surface area contributed by atoms with Crippen LogP contribution in [0.5, 0.6) is 0 Å². The highest BCUT2D eigenvalue weighted by atomic mass is 32.2. The zero-order chi connectivity index (χ0) is 15.7. The lowest BCUT2D eigenvalue weighted by Crippen LogP contribution is -2.23. The number of rotatable bonds is 3. The quantitative estimate of drug-likeness (QED) is 0.915. The van der Waals surface area contributed by atoms with E-state index in [0.29, 0.717) is 10.6 Å². The van der Waals surface area contributed by atoms with Gasteiger partial charge in [-0.3, -0.25) is 4.72 Å². The van der Waals surface area contributed by atoms with Crippen molar-refractivity contribution in [1.29, 1.82) is 0 Å². The van der Waals surface area contributed by atoms with Crippen LogP contribution in [0.2, 0.25) is 0 Å². The number of benzene rings is 2. The molecule has 1 aliphatic heterocycles. The van der Waals surface area contributed by atoms with E-state index in [1.54, 1.807) is 6.07 Å². The molecule has 0 fully saturated rings. The average molecular weight is 316 g/mol. The summed E-state index contributed by atoms with van der Waals surface area (Å²) < 4.78 is 27.9. The standard InChI is InChI=1S/C17H20N2O2S/c1-12-3-4-13(2)17(9-12)22(20,21)19-16-6-5-15-11-18-8-7-14(15)10-16/h3-6,9-10,18-19H,7-8,11H2,1-2H3. The molecule has 0 atom stereocenters. The van der Waals surface area contributed by atoms with Gasteiger partial charge in [0, 0.05) is 12.2 Å². The van der Waals surface area contributed by atoms with Crippen molar-refractivity contribution >= 4 is 15.7 Å². The summed E-state index contributed by atoms with van der Waals surface area (Å²) in [6.45, 7) is 5.48. The van der Waals surface area contributed by atoms with Crippen LogP contribution in [0.15, 0.2) is 41.3 Å². The van der Waals surface area contributed by atoms with Gasteiger partial charge in [0.25, 0.3) is 10.0 Å². The topological polar surface area (TPSA) is 58.2 Å². The molecule has 116 valence electrons. The fourth-order valence-electron chi connectivity index (χ4n) is 2.75. The summed E-state index contributed by atoms with van der Waals surface area (Å²) in [6, 6.07) is 11.2. The van der Waals surface area contributed by atoms with E-state index in [0.717, 1.165) is 30.6 Å². The van der Waals surface area contributed by atoms with E-state index < -0.39 is 10.0 Å². The highest BCUT2D eigenvalue weighted by Crippen LogP contribution is 2.23. The first-order valence-corrected chi connectivity index (χ1v) is 8.87. The lowest BCUT2D eigenvalue weighted by atomic mass is 10.0. The second kappa shape index (κ2) is 5.74. The summed E-state index contributed by atoms with van der Waals surface area (Å²) in [4.78, 5) is 0.340. The molecule has 2 aromatic carbocycles. The first-order valence-electron chi connectivity index (χ1n) is 7.38. The molecule has 0 spiro atoms. The van der Waals surface area contributed by atoms with E-state index in [-0.39, 0.29) is 0 Å². The number of hydrogen-bond donors (Lipinski definition) is 2. The van der Waals surface area contributed by atoms with Gasteiger partial charge in [0.05, 0.1) is 4.90 Å². The van der Waals surface area contributed by atoms with Gasteiger partial charge in [0.1, 0.15) is 0 Å². The minimum atomic E-state index is -3.56.